The van der Waals surface area contributed by atoms with Gasteiger partial charge < -0.3 is 38.6 Å². The molecule has 4 heterocycles. The second-order valence-corrected chi connectivity index (χ2v) is 20.7. The summed E-state index contributed by atoms with van der Waals surface area (Å²) in [7, 11) is 0.571. The Balaban J connectivity index is 1.33. The average Bonchev–Trinajstić information content (AvgIpc) is 3.92. The number of methoxy groups -OCH3 is 2. The second kappa shape index (κ2) is 19.4. The number of piperidine rings is 1. The Hall–Kier alpha value is -3.71. The summed E-state index contributed by atoms with van der Waals surface area (Å²) < 4.78 is 51.5. The lowest BCUT2D eigenvalue weighted by Crippen LogP contribution is -2.48. The topological polar surface area (TPSA) is 180 Å². The number of amides is 2. The van der Waals surface area contributed by atoms with Crippen molar-refractivity contribution in [3.8, 4) is 10.4 Å². The van der Waals surface area contributed by atoms with E-state index < -0.39 is 56.4 Å². The van der Waals surface area contributed by atoms with Crippen LogP contribution in [0.5, 0.6) is 0 Å². The number of aromatic nitrogens is 2. The maximum Gasteiger partial charge on any atom is 0.508 e. The normalized spacial score (nSPS) is 20.1. The first-order valence-corrected chi connectivity index (χ1v) is 23.3. The van der Waals surface area contributed by atoms with Crippen LogP contribution in [0.2, 0.25) is 0 Å². The Morgan fingerprint density at radius 1 is 1.04 bits per heavy atom. The third kappa shape index (κ3) is 11.3. The molecule has 1 N–H and O–H groups in total. The van der Waals surface area contributed by atoms with E-state index in [0.717, 1.165) is 40.8 Å². The third-order valence-electron chi connectivity index (χ3n) is 10.6. The predicted octanol–water partition coefficient (Wildman–Crippen LogP) is 6.15. The van der Waals surface area contributed by atoms with Crippen LogP contribution in [-0.4, -0.2) is 111 Å². The first-order chi connectivity index (χ1) is 27.0. The van der Waals surface area contributed by atoms with Crippen LogP contribution in [0.25, 0.3) is 10.4 Å². The van der Waals surface area contributed by atoms with E-state index >= 15 is 0 Å². The van der Waals surface area contributed by atoms with Crippen LogP contribution in [-0.2, 0) is 37.4 Å². The summed E-state index contributed by atoms with van der Waals surface area (Å²) in [6.45, 7) is 12.2. The Morgan fingerprint density at radius 3 is 2.28 bits per heavy atom. The van der Waals surface area contributed by atoms with E-state index in [1.165, 1.54) is 4.90 Å². The Labute approximate surface area is 342 Å². The van der Waals surface area contributed by atoms with E-state index in [1.807, 2.05) is 57.5 Å². The molecule has 1 aromatic carbocycles. The number of nitrogens with zero attached hydrogens (tertiary/aromatic N) is 4. The number of likely N-dealkylation sites (tertiary alicyclic amines) is 1. The van der Waals surface area contributed by atoms with Gasteiger partial charge in [-0.2, -0.15) is 0 Å². The fourth-order valence-corrected chi connectivity index (χ4v) is 11.1. The number of benzene rings is 1. The quantitative estimate of drug-likeness (QED) is 0.0985. The molecule has 0 spiro atoms. The van der Waals surface area contributed by atoms with Crippen LogP contribution in [0.4, 0.5) is 10.6 Å². The van der Waals surface area contributed by atoms with Gasteiger partial charge in [-0.15, -0.1) is 11.3 Å². The number of carbonyl (C=O) groups excluding carboxylic acids is 3. The summed E-state index contributed by atoms with van der Waals surface area (Å²) in [5.41, 5.74) is 4.65. The summed E-state index contributed by atoms with van der Waals surface area (Å²) in [5.74, 6) is -0.558. The highest BCUT2D eigenvalue weighted by molar-refractivity contribution is 8.72. The Morgan fingerprint density at radius 2 is 1.70 bits per heavy atom. The van der Waals surface area contributed by atoms with Gasteiger partial charge in [0.2, 0.25) is 11.8 Å². The van der Waals surface area contributed by atoms with Gasteiger partial charge >= 0.3 is 6.16 Å². The highest BCUT2D eigenvalue weighted by atomic mass is 33.1. The van der Waals surface area contributed by atoms with Crippen LogP contribution in [0.1, 0.15) is 82.9 Å². The molecule has 314 valence electrons. The standard InChI is InChI=1S/C39H55N5O10S3/c1-22(2)34(32-19-33(42-54-32)43-16-14-29(15-17-43)38(50-7)51-8)37(46)44-20-30(53-39(47)52-25(5)26(6)56-57(9,48)49)18-31(44)36(45)41-23(3)27-10-12-28(13-11-27)35-24(4)40-21-55-35/h10-13,19,21-23,25-26,29-31,34,38H,14-18,20H2,1-9H3,(H,41,45)/t23?,25?,26?,30-,31+,34?/m1/s1. The number of hydrogen-bond acceptors (Lipinski definition) is 15. The average molecular weight is 850 g/mol. The lowest BCUT2D eigenvalue weighted by atomic mass is 9.91. The van der Waals surface area contributed by atoms with E-state index in [1.54, 1.807) is 45.5 Å². The van der Waals surface area contributed by atoms with E-state index in [2.05, 4.69) is 20.4 Å². The maximum atomic E-state index is 14.6. The van der Waals surface area contributed by atoms with E-state index in [4.69, 9.17) is 23.5 Å². The minimum atomic E-state index is -3.39. The molecule has 2 aromatic heterocycles. The van der Waals surface area contributed by atoms with Crippen molar-refractivity contribution in [2.24, 2.45) is 11.8 Å². The SMILES string of the molecule is COC(OC)C1CCN(c2cc(C(C(=O)N3C[C@H](OC(=O)OC(C)C(C)SS(C)(=O)=O)C[C@H]3C(=O)NC(C)c3ccc(-c4scnc4C)cc3)C(C)C)on2)CC1. The largest absolute Gasteiger partial charge is 0.508 e. The van der Waals surface area contributed by atoms with Gasteiger partial charge in [0.1, 0.15) is 24.2 Å². The molecule has 0 aliphatic carbocycles. The third-order valence-corrected chi connectivity index (χ3v) is 14.6. The first kappa shape index (κ1) is 44.4. The monoisotopic (exact) mass is 849 g/mol. The Kier molecular flexibility index (Phi) is 15.1. The summed E-state index contributed by atoms with van der Waals surface area (Å²) in [4.78, 5) is 50.7. The highest BCUT2D eigenvalue weighted by Crippen LogP contribution is 2.35. The molecule has 57 heavy (non-hydrogen) atoms. The molecule has 6 atom stereocenters. The molecule has 18 heteroatoms. The molecule has 2 saturated heterocycles. The number of rotatable bonds is 16. The number of hydrogen-bond donors (Lipinski definition) is 1. The van der Waals surface area contributed by atoms with Gasteiger partial charge in [-0.3, -0.25) is 9.59 Å². The summed E-state index contributed by atoms with van der Waals surface area (Å²) in [6, 6.07) is 8.30. The van der Waals surface area contributed by atoms with Gasteiger partial charge in [0.05, 0.1) is 33.9 Å². The zero-order chi connectivity index (χ0) is 41.6. The summed E-state index contributed by atoms with van der Waals surface area (Å²) in [5, 5.41) is 6.85. The van der Waals surface area contributed by atoms with Crippen LogP contribution >= 0.6 is 22.1 Å². The van der Waals surface area contributed by atoms with Crippen molar-refractivity contribution in [1.29, 1.82) is 0 Å². The van der Waals surface area contributed by atoms with Crippen molar-refractivity contribution in [1.82, 2.24) is 20.4 Å². The van der Waals surface area contributed by atoms with Crippen molar-refractivity contribution >= 4 is 54.8 Å². The van der Waals surface area contributed by atoms with Crippen LogP contribution in [0.3, 0.4) is 0 Å². The number of anilines is 1. The zero-order valence-corrected chi connectivity index (χ0v) is 36.4. The maximum absolute atomic E-state index is 14.6. The van der Waals surface area contributed by atoms with Crippen molar-refractivity contribution in [2.75, 3.05) is 45.0 Å². The number of carbonyl (C=O) groups is 3. The highest BCUT2D eigenvalue weighted by Gasteiger charge is 2.46. The molecule has 2 aliphatic rings. The number of ether oxygens (including phenoxy) is 4. The molecule has 0 bridgehead atoms. The molecule has 3 aromatic rings. The Bertz CT molecular complexity index is 1930. The molecular formula is C39H55N5O10S3. The molecule has 2 fully saturated rings. The molecule has 2 aliphatic heterocycles. The molecule has 0 saturated carbocycles. The van der Waals surface area contributed by atoms with Gasteiger partial charge in [0.25, 0.3) is 0 Å². The predicted molar refractivity (Wildman–Crippen MR) is 219 cm³/mol. The van der Waals surface area contributed by atoms with Crippen LogP contribution < -0.4 is 10.2 Å². The summed E-state index contributed by atoms with van der Waals surface area (Å²) in [6.07, 6.45) is -0.190. The fraction of sp³-hybridized carbons (Fsp3) is 0.615. The van der Waals surface area contributed by atoms with Crippen molar-refractivity contribution in [2.45, 2.75) is 103 Å². The van der Waals surface area contributed by atoms with Gasteiger partial charge in [-0.05, 0) is 68.4 Å². The van der Waals surface area contributed by atoms with Crippen molar-refractivity contribution in [3.63, 3.8) is 0 Å². The van der Waals surface area contributed by atoms with E-state index in [9.17, 15) is 22.8 Å². The fourth-order valence-electron chi connectivity index (χ4n) is 7.41. The minimum Gasteiger partial charge on any atom is -0.430 e. The number of aryl methyl sites for hydroxylation is 1. The molecule has 4 unspecified atom stereocenters. The first-order valence-electron chi connectivity index (χ1n) is 19.1. The smallest absolute Gasteiger partial charge is 0.430 e. The van der Waals surface area contributed by atoms with Crippen molar-refractivity contribution in [3.05, 3.63) is 52.9 Å². The minimum absolute atomic E-state index is 0.0242. The van der Waals surface area contributed by atoms with Crippen LogP contribution in [0.15, 0.2) is 40.4 Å². The molecule has 0 radical (unpaired) electrons. The zero-order valence-electron chi connectivity index (χ0n) is 34.0. The lowest BCUT2D eigenvalue weighted by Gasteiger charge is -2.34. The van der Waals surface area contributed by atoms with Crippen LogP contribution in [0, 0.1) is 18.8 Å². The van der Waals surface area contributed by atoms with Crippen molar-refractivity contribution < 1.29 is 46.3 Å². The number of nitrogens with one attached hydrogen (secondary N) is 1. The molecule has 5 rings (SSSR count). The van der Waals surface area contributed by atoms with Gasteiger partial charge in [-0.25, -0.2) is 18.2 Å². The molecule has 15 nitrogen and oxygen atoms in total. The van der Waals surface area contributed by atoms with E-state index in [0.29, 0.717) is 35.5 Å². The summed E-state index contributed by atoms with van der Waals surface area (Å²) >= 11 is 1.56. The molecule has 2 amide bonds. The van der Waals surface area contributed by atoms with Gasteiger partial charge in [0, 0.05) is 52.0 Å². The second-order valence-electron chi connectivity index (χ2n) is 15.2. The van der Waals surface area contributed by atoms with Gasteiger partial charge in [-0.1, -0.05) is 43.3 Å². The van der Waals surface area contributed by atoms with Gasteiger partial charge in [0.15, 0.2) is 26.7 Å². The van der Waals surface area contributed by atoms with E-state index in [-0.39, 0.29) is 37.0 Å². The number of thiazole rings is 1. The lowest BCUT2D eigenvalue weighted by molar-refractivity contribution is -0.141. The molecular weight excluding hydrogens is 795 g/mol.